The predicted octanol–water partition coefficient (Wildman–Crippen LogP) is 2.36. The third-order valence-corrected chi connectivity index (χ3v) is 6.78. The molecule has 192 valence electrons. The Labute approximate surface area is 218 Å². The van der Waals surface area contributed by atoms with Gasteiger partial charge in [-0.05, 0) is 54.7 Å². The van der Waals surface area contributed by atoms with E-state index in [4.69, 9.17) is 26.8 Å². The number of nitrogens with zero attached hydrogens (tertiary/aromatic N) is 3. The van der Waals surface area contributed by atoms with E-state index >= 15 is 0 Å². The minimum atomic E-state index is -1.42. The Hall–Kier alpha value is -4.09. The molecular formula is C26H28N6O4S. The Morgan fingerprint density at radius 3 is 2.65 bits per heavy atom. The van der Waals surface area contributed by atoms with E-state index in [9.17, 15) is 9.59 Å². The molecule has 1 aliphatic rings. The van der Waals surface area contributed by atoms with Gasteiger partial charge in [0.05, 0.1) is 6.54 Å². The summed E-state index contributed by atoms with van der Waals surface area (Å²) in [5, 5.41) is 5.76. The normalized spacial score (nSPS) is 17.3. The minimum Gasteiger partial charge on any atom is -0.485 e. The highest BCUT2D eigenvalue weighted by Crippen LogP contribution is 2.33. The van der Waals surface area contributed by atoms with Gasteiger partial charge in [-0.3, -0.25) is 14.6 Å². The number of aldehydes is 2. The summed E-state index contributed by atoms with van der Waals surface area (Å²) in [6.45, 7) is 2.52. The summed E-state index contributed by atoms with van der Waals surface area (Å²) in [7, 11) is 0. The fraction of sp³-hybridized carbons (Fsp3) is 0.269. The zero-order chi connectivity index (χ0) is 26.4. The average molecular weight is 521 g/mol. The summed E-state index contributed by atoms with van der Waals surface area (Å²) < 4.78 is 6.11. The fourth-order valence-electron chi connectivity index (χ4n) is 3.84. The number of ether oxygens (including phenoxy) is 1. The van der Waals surface area contributed by atoms with Crippen LogP contribution in [0.25, 0.3) is 0 Å². The van der Waals surface area contributed by atoms with Crippen molar-refractivity contribution in [2.75, 3.05) is 5.73 Å². The summed E-state index contributed by atoms with van der Waals surface area (Å²) in [4.78, 5) is 37.6. The molecule has 2 heterocycles. The smallest absolute Gasteiger partial charge is 0.225 e. The molecule has 37 heavy (non-hydrogen) atoms. The fourth-order valence-corrected chi connectivity index (χ4v) is 4.39. The van der Waals surface area contributed by atoms with Gasteiger partial charge in [0.1, 0.15) is 23.4 Å². The lowest BCUT2D eigenvalue weighted by molar-refractivity contribution is -0.144. The van der Waals surface area contributed by atoms with Crippen molar-refractivity contribution in [1.82, 2.24) is 4.98 Å². The van der Waals surface area contributed by atoms with Crippen molar-refractivity contribution >= 4 is 40.6 Å². The zero-order valence-corrected chi connectivity index (χ0v) is 21.1. The average Bonchev–Trinajstić information content (AvgIpc) is 3.37. The number of amidine groups is 1. The number of aromatic nitrogens is 1. The van der Waals surface area contributed by atoms with E-state index in [1.807, 2.05) is 36.4 Å². The van der Waals surface area contributed by atoms with Crippen LogP contribution in [0.5, 0.6) is 5.75 Å². The summed E-state index contributed by atoms with van der Waals surface area (Å²) in [6.07, 6.45) is 1.62. The van der Waals surface area contributed by atoms with Crippen LogP contribution in [0.4, 0.5) is 5.13 Å². The Balaban J connectivity index is 1.45. The number of carbonyl (C=O) groups is 2. The molecule has 10 nitrogen and oxygen atoms in total. The van der Waals surface area contributed by atoms with E-state index < -0.39 is 11.7 Å². The van der Waals surface area contributed by atoms with Gasteiger partial charge in [-0.15, -0.1) is 11.3 Å². The molecule has 2 aromatic carbocycles. The molecule has 1 aromatic heterocycles. The number of carbonyl (C=O) groups excluding carboxylic acids is 2. The quantitative estimate of drug-likeness (QED) is 0.158. The van der Waals surface area contributed by atoms with Crippen molar-refractivity contribution in [2.24, 2.45) is 21.6 Å². The lowest BCUT2D eigenvalue weighted by Crippen LogP contribution is -2.48. The molecule has 3 aromatic rings. The number of rotatable bonds is 10. The third-order valence-electron chi connectivity index (χ3n) is 6.10. The first-order valence-corrected chi connectivity index (χ1v) is 12.5. The topological polar surface area (TPSA) is 168 Å². The summed E-state index contributed by atoms with van der Waals surface area (Å²) >= 11 is 1.17. The monoisotopic (exact) mass is 520 g/mol. The van der Waals surface area contributed by atoms with Crippen molar-refractivity contribution in [3.8, 4) is 5.75 Å². The largest absolute Gasteiger partial charge is 0.485 e. The number of nitrogen functional groups attached to an aromatic ring is 1. The van der Waals surface area contributed by atoms with Crippen molar-refractivity contribution in [1.29, 1.82) is 0 Å². The highest BCUT2D eigenvalue weighted by molar-refractivity contribution is 7.13. The second-order valence-electron chi connectivity index (χ2n) is 8.75. The Morgan fingerprint density at radius 2 is 2.00 bits per heavy atom. The second kappa shape index (κ2) is 11.3. The van der Waals surface area contributed by atoms with Crippen LogP contribution >= 0.6 is 11.3 Å². The molecule has 1 aliphatic heterocycles. The standard InChI is InChI=1S/C26H28N6O4S/c1-26(15-34,36-32-20(13-33)21-14-37-25(29)31-21)23-9-7-18-10-19(6-8-22(18)35-23)24(28)30-12-17-4-2-16(11-27)3-5-17/h2-6,8,10,13-15,23H,7,9,11-12,27H2,1H3,(H2,28,30)(H2,29,31)/b32-20+. The molecule has 0 radical (unpaired) electrons. The van der Waals surface area contributed by atoms with E-state index in [1.165, 1.54) is 11.3 Å². The van der Waals surface area contributed by atoms with E-state index in [-0.39, 0.29) is 11.4 Å². The summed E-state index contributed by atoms with van der Waals surface area (Å²) in [5.74, 6) is 1.04. The van der Waals surface area contributed by atoms with Crippen LogP contribution in [-0.4, -0.2) is 40.8 Å². The van der Waals surface area contributed by atoms with Gasteiger partial charge in [-0.2, -0.15) is 0 Å². The van der Waals surface area contributed by atoms with E-state index in [2.05, 4.69) is 15.1 Å². The minimum absolute atomic E-state index is 0.0630. The number of hydrogen-bond acceptors (Lipinski definition) is 10. The van der Waals surface area contributed by atoms with Gasteiger partial charge in [0, 0.05) is 17.5 Å². The van der Waals surface area contributed by atoms with Gasteiger partial charge in [-0.25, -0.2) is 4.98 Å². The van der Waals surface area contributed by atoms with Gasteiger partial charge in [0.15, 0.2) is 23.4 Å². The van der Waals surface area contributed by atoms with E-state index in [0.29, 0.717) is 55.2 Å². The highest BCUT2D eigenvalue weighted by atomic mass is 32.1. The van der Waals surface area contributed by atoms with Crippen LogP contribution in [-0.2, 0) is 33.9 Å². The molecule has 0 bridgehead atoms. The molecular weight excluding hydrogens is 492 g/mol. The number of nitrogens with two attached hydrogens (primary N) is 3. The molecule has 11 heteroatoms. The number of aliphatic imine (C=N–C) groups is 1. The van der Waals surface area contributed by atoms with Crippen LogP contribution in [0.3, 0.4) is 0 Å². The number of anilines is 1. The molecule has 0 saturated carbocycles. The lowest BCUT2D eigenvalue weighted by atomic mass is 9.91. The Kier molecular flexibility index (Phi) is 7.95. The van der Waals surface area contributed by atoms with Crippen LogP contribution in [0.1, 0.15) is 41.3 Å². The van der Waals surface area contributed by atoms with Crippen LogP contribution in [0.15, 0.2) is 58.0 Å². The third kappa shape index (κ3) is 6.01. The van der Waals surface area contributed by atoms with Crippen LogP contribution in [0.2, 0.25) is 0 Å². The maximum Gasteiger partial charge on any atom is 0.225 e. The number of benzene rings is 2. The highest BCUT2D eigenvalue weighted by Gasteiger charge is 2.41. The molecule has 0 fully saturated rings. The second-order valence-corrected chi connectivity index (χ2v) is 9.64. The van der Waals surface area contributed by atoms with Crippen molar-refractivity contribution in [2.45, 2.75) is 44.6 Å². The molecule has 2 unspecified atom stereocenters. The molecule has 4 rings (SSSR count). The molecule has 6 N–H and O–H groups in total. The lowest BCUT2D eigenvalue weighted by Gasteiger charge is -2.34. The Morgan fingerprint density at radius 1 is 1.24 bits per heavy atom. The SMILES string of the molecule is CC(C=O)(O/N=C(\C=O)c1csc(N)n1)C1CCc2cc(C(N)=NCc3ccc(CN)cc3)ccc2O1. The van der Waals surface area contributed by atoms with Crippen LogP contribution < -0.4 is 21.9 Å². The number of thiazole rings is 1. The maximum atomic E-state index is 12.0. The Bertz CT molecular complexity index is 1340. The first-order valence-electron chi connectivity index (χ1n) is 11.6. The molecule has 0 saturated heterocycles. The number of aryl methyl sites for hydroxylation is 1. The maximum absolute atomic E-state index is 12.0. The number of fused-ring (bicyclic) bond motifs is 1. The van der Waals surface area contributed by atoms with Crippen LogP contribution in [0, 0.1) is 0 Å². The number of hydrogen-bond donors (Lipinski definition) is 3. The first kappa shape index (κ1) is 26.0. The number of oxime groups is 1. The molecule has 0 spiro atoms. The molecule has 2 atom stereocenters. The van der Waals surface area contributed by atoms with Crippen molar-refractivity contribution < 1.29 is 19.2 Å². The molecule has 0 aliphatic carbocycles. The van der Waals surface area contributed by atoms with Crippen molar-refractivity contribution in [3.05, 3.63) is 75.8 Å². The summed E-state index contributed by atoms with van der Waals surface area (Å²) in [5.41, 5.74) is 20.1. The van der Waals surface area contributed by atoms with Gasteiger partial charge in [0.25, 0.3) is 0 Å². The summed E-state index contributed by atoms with van der Waals surface area (Å²) in [6, 6.07) is 13.5. The van der Waals surface area contributed by atoms with Gasteiger partial charge in [-0.1, -0.05) is 29.4 Å². The molecule has 0 amide bonds. The van der Waals surface area contributed by atoms with Gasteiger partial charge in [0.2, 0.25) is 5.60 Å². The van der Waals surface area contributed by atoms with Gasteiger partial charge >= 0.3 is 0 Å². The van der Waals surface area contributed by atoms with E-state index in [0.717, 1.165) is 22.3 Å². The zero-order valence-electron chi connectivity index (χ0n) is 20.3. The van der Waals surface area contributed by atoms with Crippen molar-refractivity contribution in [3.63, 3.8) is 0 Å². The van der Waals surface area contributed by atoms with Gasteiger partial charge < -0.3 is 26.8 Å². The first-order chi connectivity index (χ1) is 17.8. The van der Waals surface area contributed by atoms with E-state index in [1.54, 1.807) is 18.4 Å². The predicted molar refractivity (Wildman–Crippen MR) is 143 cm³/mol.